The molecule has 3 rings (SSSR count). The van der Waals surface area contributed by atoms with Gasteiger partial charge in [0, 0.05) is 36.7 Å². The number of amides is 2. The van der Waals surface area contributed by atoms with Crippen molar-refractivity contribution in [2.45, 2.75) is 52.0 Å². The Morgan fingerprint density at radius 1 is 1.24 bits per heavy atom. The van der Waals surface area contributed by atoms with Crippen LogP contribution in [0.15, 0.2) is 30.5 Å². The predicted octanol–water partition coefficient (Wildman–Crippen LogP) is 2.84. The Morgan fingerprint density at radius 2 is 2.07 bits per heavy atom. The van der Waals surface area contributed by atoms with Crippen LogP contribution in [-0.2, 0) is 16.0 Å². The third-order valence-corrected chi connectivity index (χ3v) is 5.95. The minimum atomic E-state index is -0.218. The molecule has 2 unspecified atom stereocenters. The number of benzene rings is 1. The monoisotopic (exact) mass is 398 g/mol. The first-order chi connectivity index (χ1) is 14.1. The summed E-state index contributed by atoms with van der Waals surface area (Å²) >= 11 is 0. The maximum Gasteiger partial charge on any atom is 0.237 e. The van der Waals surface area contributed by atoms with Gasteiger partial charge in [-0.25, -0.2) is 0 Å². The first-order valence-electron chi connectivity index (χ1n) is 10.9. The number of rotatable bonds is 9. The Hall–Kier alpha value is -2.34. The highest BCUT2D eigenvalue weighted by Crippen LogP contribution is 2.20. The van der Waals surface area contributed by atoms with E-state index in [-0.39, 0.29) is 23.8 Å². The molecule has 1 aliphatic rings. The Bertz CT molecular complexity index is 816. The minimum Gasteiger partial charge on any atom is -0.361 e. The van der Waals surface area contributed by atoms with E-state index < -0.39 is 0 Å². The zero-order valence-corrected chi connectivity index (χ0v) is 17.7. The van der Waals surface area contributed by atoms with E-state index in [1.165, 1.54) is 10.9 Å². The summed E-state index contributed by atoms with van der Waals surface area (Å²) < 4.78 is 0. The zero-order valence-electron chi connectivity index (χ0n) is 17.7. The first-order valence-corrected chi connectivity index (χ1v) is 10.9. The van der Waals surface area contributed by atoms with E-state index in [2.05, 4.69) is 39.6 Å². The quantitative estimate of drug-likeness (QED) is 0.569. The topological polar surface area (TPSA) is 77.2 Å². The maximum absolute atomic E-state index is 12.7. The van der Waals surface area contributed by atoms with Crippen LogP contribution in [0.1, 0.15) is 45.1 Å². The van der Waals surface area contributed by atoms with E-state index in [0.717, 1.165) is 50.7 Å². The molecule has 2 atom stereocenters. The van der Waals surface area contributed by atoms with Crippen LogP contribution in [-0.4, -0.2) is 53.9 Å². The van der Waals surface area contributed by atoms with Crippen molar-refractivity contribution in [2.75, 3.05) is 26.2 Å². The van der Waals surface area contributed by atoms with Crippen molar-refractivity contribution >= 4 is 22.7 Å². The molecule has 158 valence electrons. The fourth-order valence-corrected chi connectivity index (χ4v) is 4.08. The fraction of sp³-hybridized carbons (Fsp3) is 0.565. The van der Waals surface area contributed by atoms with E-state index in [0.29, 0.717) is 13.1 Å². The van der Waals surface area contributed by atoms with Gasteiger partial charge in [0.25, 0.3) is 0 Å². The van der Waals surface area contributed by atoms with Crippen molar-refractivity contribution in [1.29, 1.82) is 0 Å². The smallest absolute Gasteiger partial charge is 0.237 e. The second-order valence-corrected chi connectivity index (χ2v) is 8.06. The molecule has 1 fully saturated rings. The summed E-state index contributed by atoms with van der Waals surface area (Å²) in [7, 11) is 0. The van der Waals surface area contributed by atoms with Gasteiger partial charge in [0.05, 0.1) is 12.0 Å². The molecule has 0 bridgehead atoms. The molecule has 1 aromatic heterocycles. The van der Waals surface area contributed by atoms with Gasteiger partial charge in [-0.2, -0.15) is 0 Å². The Morgan fingerprint density at radius 3 is 2.90 bits per heavy atom. The zero-order chi connectivity index (χ0) is 20.6. The summed E-state index contributed by atoms with van der Waals surface area (Å²) in [6.07, 6.45) is 6.77. The van der Waals surface area contributed by atoms with Gasteiger partial charge in [0.15, 0.2) is 0 Å². The lowest BCUT2D eigenvalue weighted by molar-refractivity contribution is -0.131. The van der Waals surface area contributed by atoms with Crippen molar-refractivity contribution < 1.29 is 9.59 Å². The van der Waals surface area contributed by atoms with Crippen molar-refractivity contribution in [3.63, 3.8) is 0 Å². The summed E-state index contributed by atoms with van der Waals surface area (Å²) in [4.78, 5) is 30.5. The number of carbonyl (C=O) groups excluding carboxylic acids is 2. The molecule has 29 heavy (non-hydrogen) atoms. The molecule has 0 aliphatic carbocycles. The molecular weight excluding hydrogens is 364 g/mol. The lowest BCUT2D eigenvalue weighted by Crippen LogP contribution is -2.51. The highest BCUT2D eigenvalue weighted by Gasteiger charge is 2.30. The van der Waals surface area contributed by atoms with Gasteiger partial charge in [0.1, 0.15) is 0 Å². The first kappa shape index (κ1) is 21.4. The van der Waals surface area contributed by atoms with Crippen molar-refractivity contribution in [3.8, 4) is 0 Å². The van der Waals surface area contributed by atoms with Gasteiger partial charge >= 0.3 is 0 Å². The molecule has 2 amide bonds. The van der Waals surface area contributed by atoms with E-state index in [9.17, 15) is 9.59 Å². The molecule has 1 aliphatic heterocycles. The van der Waals surface area contributed by atoms with Crippen LogP contribution in [0.2, 0.25) is 0 Å². The number of fused-ring (bicyclic) bond motifs is 1. The van der Waals surface area contributed by atoms with Gasteiger partial charge in [-0.15, -0.1) is 0 Å². The molecule has 3 N–H and O–H groups in total. The van der Waals surface area contributed by atoms with Crippen LogP contribution in [0.3, 0.4) is 0 Å². The van der Waals surface area contributed by atoms with Crippen LogP contribution >= 0.6 is 0 Å². The molecule has 2 heterocycles. The van der Waals surface area contributed by atoms with Gasteiger partial charge in [-0.3, -0.25) is 14.5 Å². The van der Waals surface area contributed by atoms with Gasteiger partial charge in [-0.05, 0) is 50.8 Å². The Kier molecular flexibility index (Phi) is 7.69. The lowest BCUT2D eigenvalue weighted by atomic mass is 9.95. The van der Waals surface area contributed by atoms with E-state index in [1.54, 1.807) is 0 Å². The number of para-hydroxylation sites is 1. The maximum atomic E-state index is 12.7. The summed E-state index contributed by atoms with van der Waals surface area (Å²) in [5.41, 5.74) is 2.34. The predicted molar refractivity (Wildman–Crippen MR) is 117 cm³/mol. The normalized spacial score (nSPS) is 18.5. The number of nitrogens with one attached hydrogen (secondary N) is 3. The number of aromatic amines is 1. The van der Waals surface area contributed by atoms with Crippen LogP contribution in [0.4, 0.5) is 0 Å². The van der Waals surface area contributed by atoms with Crippen molar-refractivity contribution in [3.05, 3.63) is 36.0 Å². The lowest BCUT2D eigenvalue weighted by Gasteiger charge is -2.35. The average Bonchev–Trinajstić information content (AvgIpc) is 3.16. The van der Waals surface area contributed by atoms with Gasteiger partial charge in [0.2, 0.25) is 11.8 Å². The highest BCUT2D eigenvalue weighted by molar-refractivity contribution is 5.84. The number of likely N-dealkylation sites (tertiary alicyclic amines) is 1. The summed E-state index contributed by atoms with van der Waals surface area (Å²) in [6.45, 7) is 6.95. The minimum absolute atomic E-state index is 0.0120. The number of H-pyrrole nitrogens is 1. The summed E-state index contributed by atoms with van der Waals surface area (Å²) in [5.74, 6) is 0.161. The Labute approximate surface area is 173 Å². The van der Waals surface area contributed by atoms with Gasteiger partial charge < -0.3 is 15.6 Å². The molecule has 0 saturated carbocycles. The number of aromatic nitrogens is 1. The van der Waals surface area contributed by atoms with Gasteiger partial charge in [-0.1, -0.05) is 31.5 Å². The fourth-order valence-electron chi connectivity index (χ4n) is 4.08. The molecular formula is C23H34N4O2. The summed E-state index contributed by atoms with van der Waals surface area (Å²) in [5, 5.41) is 7.32. The SMILES string of the molecule is CCCCNC(=O)C1CCCN(C(C)C(=O)NCCc2c[nH]c3ccccc23)C1. The number of unbranched alkanes of at least 4 members (excludes halogenated alkanes) is 1. The molecule has 0 radical (unpaired) electrons. The molecule has 2 aromatic rings. The summed E-state index contributed by atoms with van der Waals surface area (Å²) in [6, 6.07) is 7.99. The number of nitrogens with zero attached hydrogens (tertiary/aromatic N) is 1. The van der Waals surface area contributed by atoms with Crippen LogP contribution in [0.25, 0.3) is 10.9 Å². The molecule has 6 nitrogen and oxygen atoms in total. The van der Waals surface area contributed by atoms with Crippen LogP contribution in [0.5, 0.6) is 0 Å². The molecule has 6 heteroatoms. The largest absolute Gasteiger partial charge is 0.361 e. The molecule has 0 spiro atoms. The van der Waals surface area contributed by atoms with E-state index >= 15 is 0 Å². The Balaban J connectivity index is 1.46. The third kappa shape index (κ3) is 5.60. The van der Waals surface area contributed by atoms with Crippen LogP contribution < -0.4 is 10.6 Å². The molecule has 1 saturated heterocycles. The van der Waals surface area contributed by atoms with Crippen molar-refractivity contribution in [2.24, 2.45) is 5.92 Å². The number of piperidine rings is 1. The van der Waals surface area contributed by atoms with E-state index in [1.807, 2.05) is 25.3 Å². The second-order valence-electron chi connectivity index (χ2n) is 8.06. The standard InChI is InChI=1S/C23H34N4O2/c1-3-4-12-24-23(29)19-8-7-14-27(16-19)17(2)22(28)25-13-11-18-15-26-21-10-6-5-9-20(18)21/h5-6,9-10,15,17,19,26H,3-4,7-8,11-14,16H2,1-2H3,(H,24,29)(H,25,28). The second kappa shape index (κ2) is 10.4. The van der Waals surface area contributed by atoms with Crippen molar-refractivity contribution in [1.82, 2.24) is 20.5 Å². The average molecular weight is 399 g/mol. The van der Waals surface area contributed by atoms with Crippen LogP contribution in [0, 0.1) is 5.92 Å². The number of hydrogen-bond donors (Lipinski definition) is 3. The third-order valence-electron chi connectivity index (χ3n) is 5.95. The van der Waals surface area contributed by atoms with E-state index in [4.69, 9.17) is 0 Å². The number of hydrogen-bond acceptors (Lipinski definition) is 3. The highest BCUT2D eigenvalue weighted by atomic mass is 16.2. The molecule has 1 aromatic carbocycles. The number of carbonyl (C=O) groups is 2.